The minimum Gasteiger partial charge on any atom is -0.481 e. The molecule has 2 N–H and O–H groups in total. The van der Waals surface area contributed by atoms with Crippen LogP contribution in [0.4, 0.5) is 0 Å². The van der Waals surface area contributed by atoms with E-state index < -0.39 is 11.5 Å². The topological polar surface area (TPSA) is 79.5 Å². The normalized spacial score (nSPS) is 11.6. The minimum absolute atomic E-state index is 0.000656. The number of hydrogen-bond acceptors (Lipinski definition) is 3. The zero-order valence-electron chi connectivity index (χ0n) is 12.7. The van der Waals surface area contributed by atoms with Crippen LogP contribution in [0.3, 0.4) is 0 Å². The van der Waals surface area contributed by atoms with Gasteiger partial charge in [-0.2, -0.15) is 0 Å². The van der Waals surface area contributed by atoms with Crippen molar-refractivity contribution in [2.75, 3.05) is 0 Å². The molecule has 0 aliphatic carbocycles. The molecule has 0 atom stereocenters. The molecular formula is C16H18BrNO4. The van der Waals surface area contributed by atoms with Crippen LogP contribution in [-0.4, -0.2) is 22.5 Å². The number of hydrogen-bond donors (Lipinski definition) is 2. The van der Waals surface area contributed by atoms with Crippen LogP contribution in [0.15, 0.2) is 27.1 Å². The zero-order valence-corrected chi connectivity index (χ0v) is 14.3. The number of carbonyl (C=O) groups excluding carboxylic acids is 1. The van der Waals surface area contributed by atoms with E-state index in [4.69, 9.17) is 9.52 Å². The second-order valence-electron chi connectivity index (χ2n) is 5.93. The summed E-state index contributed by atoms with van der Waals surface area (Å²) in [6.07, 6.45) is 0.345. The number of carboxylic acid groups (broad SMARTS) is 1. The Bertz CT molecular complexity index is 733. The van der Waals surface area contributed by atoms with E-state index in [0.29, 0.717) is 12.0 Å². The average Bonchev–Trinajstić information content (AvgIpc) is 2.74. The van der Waals surface area contributed by atoms with Gasteiger partial charge in [0.2, 0.25) is 0 Å². The monoisotopic (exact) mass is 367 g/mol. The van der Waals surface area contributed by atoms with Crippen LogP contribution >= 0.6 is 15.9 Å². The largest absolute Gasteiger partial charge is 0.481 e. The number of furan rings is 1. The van der Waals surface area contributed by atoms with Crippen molar-refractivity contribution in [3.05, 3.63) is 34.0 Å². The zero-order chi connectivity index (χ0) is 16.5. The lowest BCUT2D eigenvalue weighted by molar-refractivity contribution is -0.137. The third kappa shape index (κ3) is 3.68. The van der Waals surface area contributed by atoms with E-state index in [1.165, 1.54) is 0 Å². The van der Waals surface area contributed by atoms with Crippen LogP contribution in [0.25, 0.3) is 11.0 Å². The Labute approximate surface area is 136 Å². The second-order valence-corrected chi connectivity index (χ2v) is 6.84. The molecule has 0 aliphatic rings. The highest BCUT2D eigenvalue weighted by Crippen LogP contribution is 2.28. The molecule has 1 aromatic carbocycles. The SMILES string of the molecule is Cc1c(C(=O)NC(C)(C)CCC(=O)O)oc2ccc(Br)cc12. The summed E-state index contributed by atoms with van der Waals surface area (Å²) in [4.78, 5) is 23.1. The summed E-state index contributed by atoms with van der Waals surface area (Å²) < 4.78 is 6.55. The molecule has 0 fully saturated rings. The third-order valence-electron chi connectivity index (χ3n) is 3.52. The molecule has 1 heterocycles. The highest BCUT2D eigenvalue weighted by molar-refractivity contribution is 9.10. The van der Waals surface area contributed by atoms with Gasteiger partial charge in [-0.05, 0) is 45.4 Å². The van der Waals surface area contributed by atoms with Gasteiger partial charge in [0.05, 0.1) is 0 Å². The van der Waals surface area contributed by atoms with E-state index in [1.807, 2.05) is 19.1 Å². The lowest BCUT2D eigenvalue weighted by Crippen LogP contribution is -2.43. The summed E-state index contributed by atoms with van der Waals surface area (Å²) in [6.45, 7) is 5.42. The molecular weight excluding hydrogens is 350 g/mol. The van der Waals surface area contributed by atoms with Gasteiger partial charge in [-0.25, -0.2) is 0 Å². The number of aliphatic carboxylic acids is 1. The van der Waals surface area contributed by atoms with Crippen molar-refractivity contribution in [3.8, 4) is 0 Å². The molecule has 0 saturated carbocycles. The standard InChI is InChI=1S/C16H18BrNO4/c1-9-11-8-10(17)4-5-12(11)22-14(9)15(21)18-16(2,3)7-6-13(19)20/h4-5,8H,6-7H2,1-3H3,(H,18,21)(H,19,20). The van der Waals surface area contributed by atoms with Crippen LogP contribution < -0.4 is 5.32 Å². The predicted molar refractivity (Wildman–Crippen MR) is 87.1 cm³/mol. The summed E-state index contributed by atoms with van der Waals surface area (Å²) in [5.41, 5.74) is 0.790. The Hall–Kier alpha value is -1.82. The van der Waals surface area contributed by atoms with Crippen molar-refractivity contribution in [2.24, 2.45) is 0 Å². The smallest absolute Gasteiger partial charge is 0.303 e. The Kier molecular flexibility index (Phi) is 4.60. The molecule has 6 heteroatoms. The molecule has 1 aromatic heterocycles. The van der Waals surface area contributed by atoms with E-state index in [2.05, 4.69) is 21.2 Å². The number of nitrogens with one attached hydrogen (secondary N) is 1. The van der Waals surface area contributed by atoms with Gasteiger partial charge < -0.3 is 14.8 Å². The number of benzene rings is 1. The van der Waals surface area contributed by atoms with Gasteiger partial charge in [0.1, 0.15) is 5.58 Å². The first kappa shape index (κ1) is 16.5. The van der Waals surface area contributed by atoms with Crippen molar-refractivity contribution in [1.29, 1.82) is 0 Å². The maximum absolute atomic E-state index is 12.4. The van der Waals surface area contributed by atoms with Crippen LogP contribution in [0.2, 0.25) is 0 Å². The van der Waals surface area contributed by atoms with Crippen LogP contribution in [0, 0.1) is 6.92 Å². The maximum Gasteiger partial charge on any atom is 0.303 e. The second kappa shape index (κ2) is 6.12. The van der Waals surface area contributed by atoms with E-state index >= 15 is 0 Å². The number of rotatable bonds is 5. The van der Waals surface area contributed by atoms with Gasteiger partial charge in [-0.15, -0.1) is 0 Å². The molecule has 0 unspecified atom stereocenters. The molecule has 118 valence electrons. The molecule has 0 radical (unpaired) electrons. The first-order valence-corrected chi connectivity index (χ1v) is 7.72. The number of carbonyl (C=O) groups is 2. The Morgan fingerprint density at radius 3 is 2.68 bits per heavy atom. The van der Waals surface area contributed by atoms with Gasteiger partial charge in [0.15, 0.2) is 5.76 Å². The number of aryl methyl sites for hydroxylation is 1. The molecule has 0 aliphatic heterocycles. The number of amides is 1. The van der Waals surface area contributed by atoms with Crippen LogP contribution in [0.5, 0.6) is 0 Å². The van der Waals surface area contributed by atoms with Crippen molar-refractivity contribution in [1.82, 2.24) is 5.32 Å². The third-order valence-corrected chi connectivity index (χ3v) is 4.01. The summed E-state index contributed by atoms with van der Waals surface area (Å²) >= 11 is 3.40. The van der Waals surface area contributed by atoms with E-state index in [-0.39, 0.29) is 18.1 Å². The molecule has 22 heavy (non-hydrogen) atoms. The van der Waals surface area contributed by atoms with E-state index in [1.54, 1.807) is 19.9 Å². The van der Waals surface area contributed by atoms with Crippen molar-refractivity contribution in [2.45, 2.75) is 39.2 Å². The minimum atomic E-state index is -0.882. The van der Waals surface area contributed by atoms with Gasteiger partial charge in [0.25, 0.3) is 5.91 Å². The molecule has 5 nitrogen and oxygen atoms in total. The van der Waals surface area contributed by atoms with Gasteiger partial charge in [-0.1, -0.05) is 15.9 Å². The maximum atomic E-state index is 12.4. The van der Waals surface area contributed by atoms with Crippen molar-refractivity contribution >= 4 is 38.8 Å². The van der Waals surface area contributed by atoms with E-state index in [9.17, 15) is 9.59 Å². The Morgan fingerprint density at radius 1 is 1.36 bits per heavy atom. The molecule has 2 rings (SSSR count). The van der Waals surface area contributed by atoms with Crippen molar-refractivity contribution in [3.63, 3.8) is 0 Å². The summed E-state index contributed by atoms with van der Waals surface area (Å²) in [5.74, 6) is -0.955. The van der Waals surface area contributed by atoms with E-state index in [0.717, 1.165) is 15.4 Å². The first-order chi connectivity index (χ1) is 10.2. The molecule has 0 bridgehead atoms. The Morgan fingerprint density at radius 2 is 2.05 bits per heavy atom. The lowest BCUT2D eigenvalue weighted by atomic mass is 9.98. The number of halogens is 1. The van der Waals surface area contributed by atoms with Crippen LogP contribution in [-0.2, 0) is 4.79 Å². The summed E-state index contributed by atoms with van der Waals surface area (Å²) in [5, 5.41) is 12.5. The number of carboxylic acids is 1. The fourth-order valence-corrected chi connectivity index (χ4v) is 2.62. The highest BCUT2D eigenvalue weighted by Gasteiger charge is 2.25. The quantitative estimate of drug-likeness (QED) is 0.840. The van der Waals surface area contributed by atoms with Gasteiger partial charge >= 0.3 is 5.97 Å². The molecule has 0 saturated heterocycles. The lowest BCUT2D eigenvalue weighted by Gasteiger charge is -2.25. The van der Waals surface area contributed by atoms with Crippen LogP contribution in [0.1, 0.15) is 42.8 Å². The first-order valence-electron chi connectivity index (χ1n) is 6.92. The summed E-state index contributed by atoms with van der Waals surface area (Å²) in [7, 11) is 0. The van der Waals surface area contributed by atoms with Crippen molar-refractivity contribution < 1.29 is 19.1 Å². The highest BCUT2D eigenvalue weighted by atomic mass is 79.9. The number of fused-ring (bicyclic) bond motifs is 1. The fourth-order valence-electron chi connectivity index (χ4n) is 2.26. The molecule has 1 amide bonds. The van der Waals surface area contributed by atoms with Gasteiger partial charge in [-0.3, -0.25) is 9.59 Å². The predicted octanol–water partition coefficient (Wildman–Crippen LogP) is 3.88. The van der Waals surface area contributed by atoms with Gasteiger partial charge in [0, 0.05) is 27.4 Å². The molecule has 0 spiro atoms. The molecule has 2 aromatic rings. The fraction of sp³-hybridized carbons (Fsp3) is 0.375. The average molecular weight is 368 g/mol. The Balaban J connectivity index is 2.22. The summed E-state index contributed by atoms with van der Waals surface area (Å²) in [6, 6.07) is 5.56.